The summed E-state index contributed by atoms with van der Waals surface area (Å²) in [4.78, 5) is 14.3. The molecule has 0 atom stereocenters. The highest BCUT2D eigenvalue weighted by Crippen LogP contribution is 2.43. The zero-order chi connectivity index (χ0) is 14.0. The summed E-state index contributed by atoms with van der Waals surface area (Å²) in [6, 6.07) is 0. The number of rotatable bonds is 3. The minimum atomic E-state index is -0.144. The summed E-state index contributed by atoms with van der Waals surface area (Å²) in [7, 11) is 0. The van der Waals surface area contributed by atoms with Crippen molar-refractivity contribution < 1.29 is 9.53 Å². The fourth-order valence-corrected chi connectivity index (χ4v) is 2.61. The van der Waals surface area contributed by atoms with Gasteiger partial charge in [-0.1, -0.05) is 27.7 Å². The zero-order valence-electron chi connectivity index (χ0n) is 12.9. The Balaban J connectivity index is 2.78. The molecule has 1 heterocycles. The van der Waals surface area contributed by atoms with Gasteiger partial charge in [-0.2, -0.15) is 0 Å². The van der Waals surface area contributed by atoms with Gasteiger partial charge in [-0.25, -0.2) is 4.79 Å². The van der Waals surface area contributed by atoms with E-state index in [2.05, 4.69) is 41.5 Å². The zero-order valence-corrected chi connectivity index (χ0v) is 12.9. The molecular weight excluding hydrogens is 226 g/mol. The van der Waals surface area contributed by atoms with Crippen LogP contribution in [0.25, 0.3) is 0 Å². The van der Waals surface area contributed by atoms with Crippen LogP contribution in [0.1, 0.15) is 67.2 Å². The summed E-state index contributed by atoms with van der Waals surface area (Å²) < 4.78 is 5.60. The van der Waals surface area contributed by atoms with E-state index in [4.69, 9.17) is 4.74 Å². The molecule has 0 unspecified atom stereocenters. The van der Waals surface area contributed by atoms with Crippen LogP contribution in [0.5, 0.6) is 0 Å². The van der Waals surface area contributed by atoms with E-state index >= 15 is 0 Å². The molecule has 0 spiro atoms. The Hall–Kier alpha value is -0.730. The predicted octanol–water partition coefficient (Wildman–Crippen LogP) is 4.21. The van der Waals surface area contributed by atoms with Crippen molar-refractivity contribution in [2.75, 3.05) is 6.54 Å². The maximum absolute atomic E-state index is 12.3. The number of carbonyl (C=O) groups excluding carboxylic acids is 1. The first-order valence-corrected chi connectivity index (χ1v) is 7.24. The van der Waals surface area contributed by atoms with Crippen molar-refractivity contribution in [2.24, 2.45) is 5.41 Å². The fourth-order valence-electron chi connectivity index (χ4n) is 2.61. The second-order valence-electron chi connectivity index (χ2n) is 6.52. The molecule has 0 aromatic carbocycles. The molecule has 3 nitrogen and oxygen atoms in total. The number of carbonyl (C=O) groups is 1. The van der Waals surface area contributed by atoms with E-state index in [9.17, 15) is 4.79 Å². The summed E-state index contributed by atoms with van der Waals surface area (Å²) in [6.07, 6.45) is 3.92. The van der Waals surface area contributed by atoms with Gasteiger partial charge in [0.15, 0.2) is 0 Å². The third-order valence-corrected chi connectivity index (χ3v) is 4.91. The molecule has 1 fully saturated rings. The molecule has 0 N–H and O–H groups in total. The molecule has 0 bridgehead atoms. The summed E-state index contributed by atoms with van der Waals surface area (Å²) in [5.41, 5.74) is -0.00738. The Morgan fingerprint density at radius 1 is 1.22 bits per heavy atom. The minimum absolute atomic E-state index is 0.0540. The first-order valence-electron chi connectivity index (χ1n) is 7.24. The molecule has 18 heavy (non-hydrogen) atoms. The SMILES string of the molecule is CCC(CC)OC(=O)N1CCCC(C)(C)C1(C)C. The van der Waals surface area contributed by atoms with Gasteiger partial charge in [0.05, 0.1) is 0 Å². The van der Waals surface area contributed by atoms with Crippen LogP contribution in [0.2, 0.25) is 0 Å². The summed E-state index contributed by atoms with van der Waals surface area (Å²) >= 11 is 0. The first kappa shape index (κ1) is 15.3. The van der Waals surface area contributed by atoms with Crippen molar-refractivity contribution in [1.29, 1.82) is 0 Å². The molecule has 106 valence electrons. The van der Waals surface area contributed by atoms with E-state index in [0.717, 1.165) is 32.2 Å². The van der Waals surface area contributed by atoms with Crippen molar-refractivity contribution >= 4 is 6.09 Å². The average molecular weight is 255 g/mol. The second-order valence-corrected chi connectivity index (χ2v) is 6.52. The van der Waals surface area contributed by atoms with Gasteiger partial charge in [0.2, 0.25) is 0 Å². The van der Waals surface area contributed by atoms with Gasteiger partial charge >= 0.3 is 6.09 Å². The molecule has 1 rings (SSSR count). The Kier molecular flexibility index (Phi) is 4.68. The molecule has 0 saturated carbocycles. The molecule has 0 aromatic heterocycles. The van der Waals surface area contributed by atoms with Crippen molar-refractivity contribution in [3.8, 4) is 0 Å². The third-order valence-electron chi connectivity index (χ3n) is 4.91. The summed E-state index contributed by atoms with van der Waals surface area (Å²) in [5, 5.41) is 0. The van der Waals surface area contributed by atoms with Gasteiger partial charge in [0.25, 0.3) is 0 Å². The van der Waals surface area contributed by atoms with Crippen LogP contribution in [0, 0.1) is 5.41 Å². The molecule has 3 heteroatoms. The fraction of sp³-hybridized carbons (Fsp3) is 0.933. The van der Waals surface area contributed by atoms with Gasteiger partial charge in [0, 0.05) is 12.1 Å². The molecule has 0 aromatic rings. The van der Waals surface area contributed by atoms with Crippen LogP contribution < -0.4 is 0 Å². The lowest BCUT2D eigenvalue weighted by Gasteiger charge is -2.52. The predicted molar refractivity (Wildman–Crippen MR) is 74.7 cm³/mol. The Bertz CT molecular complexity index is 293. The van der Waals surface area contributed by atoms with Crippen LogP contribution in [0.4, 0.5) is 4.79 Å². The van der Waals surface area contributed by atoms with Gasteiger partial charge in [-0.3, -0.25) is 0 Å². The average Bonchev–Trinajstić information content (AvgIpc) is 2.29. The summed E-state index contributed by atoms with van der Waals surface area (Å²) in [6.45, 7) is 13.7. The number of piperidine rings is 1. The quantitative estimate of drug-likeness (QED) is 0.756. The number of hydrogen-bond acceptors (Lipinski definition) is 2. The van der Waals surface area contributed by atoms with E-state index < -0.39 is 0 Å². The Morgan fingerprint density at radius 3 is 2.28 bits per heavy atom. The number of amides is 1. The number of hydrogen-bond donors (Lipinski definition) is 0. The van der Waals surface area contributed by atoms with E-state index in [-0.39, 0.29) is 23.2 Å². The van der Waals surface area contributed by atoms with Crippen molar-refractivity contribution in [3.05, 3.63) is 0 Å². The smallest absolute Gasteiger partial charge is 0.410 e. The molecule has 1 saturated heterocycles. The van der Waals surface area contributed by atoms with Crippen LogP contribution >= 0.6 is 0 Å². The first-order chi connectivity index (χ1) is 8.26. The molecule has 1 amide bonds. The topological polar surface area (TPSA) is 29.5 Å². The van der Waals surface area contributed by atoms with E-state index in [1.54, 1.807) is 0 Å². The molecule has 0 radical (unpaired) electrons. The Labute approximate surface area is 112 Å². The van der Waals surface area contributed by atoms with E-state index in [1.165, 1.54) is 0 Å². The highest BCUT2D eigenvalue weighted by molar-refractivity contribution is 5.69. The maximum Gasteiger partial charge on any atom is 0.410 e. The maximum atomic E-state index is 12.3. The highest BCUT2D eigenvalue weighted by atomic mass is 16.6. The number of nitrogens with zero attached hydrogens (tertiary/aromatic N) is 1. The van der Waals surface area contributed by atoms with Crippen LogP contribution in [-0.2, 0) is 4.74 Å². The van der Waals surface area contributed by atoms with Crippen molar-refractivity contribution in [3.63, 3.8) is 0 Å². The van der Waals surface area contributed by atoms with Crippen molar-refractivity contribution in [1.82, 2.24) is 4.90 Å². The van der Waals surface area contributed by atoms with Gasteiger partial charge in [-0.15, -0.1) is 0 Å². The lowest BCUT2D eigenvalue weighted by molar-refractivity contribution is -0.0384. The standard InChI is InChI=1S/C15H29NO2/c1-7-12(8-2)18-13(17)16-11-9-10-14(3,4)15(16,5)6/h12H,7-11H2,1-6H3. The number of likely N-dealkylation sites (tertiary alicyclic amines) is 1. The third kappa shape index (κ3) is 2.81. The lowest BCUT2D eigenvalue weighted by atomic mass is 9.68. The molecule has 0 aliphatic carbocycles. The Morgan fingerprint density at radius 2 is 1.78 bits per heavy atom. The monoisotopic (exact) mass is 255 g/mol. The van der Waals surface area contributed by atoms with Crippen LogP contribution in [0.3, 0.4) is 0 Å². The molecular formula is C15H29NO2. The van der Waals surface area contributed by atoms with Crippen LogP contribution in [-0.4, -0.2) is 29.2 Å². The second kappa shape index (κ2) is 5.50. The van der Waals surface area contributed by atoms with Crippen molar-refractivity contribution in [2.45, 2.75) is 78.9 Å². The largest absolute Gasteiger partial charge is 0.446 e. The van der Waals surface area contributed by atoms with Gasteiger partial charge < -0.3 is 9.64 Å². The normalized spacial score (nSPS) is 22.1. The lowest BCUT2D eigenvalue weighted by Crippen LogP contribution is -2.60. The van der Waals surface area contributed by atoms with Gasteiger partial charge in [-0.05, 0) is 44.9 Å². The summed E-state index contributed by atoms with van der Waals surface area (Å²) in [5.74, 6) is 0. The number of ether oxygens (including phenoxy) is 1. The molecule has 1 aliphatic heterocycles. The molecule has 1 aliphatic rings. The van der Waals surface area contributed by atoms with E-state index in [1.807, 2.05) is 4.90 Å². The highest BCUT2D eigenvalue weighted by Gasteiger charge is 2.47. The minimum Gasteiger partial charge on any atom is -0.446 e. The van der Waals surface area contributed by atoms with E-state index in [0.29, 0.717) is 0 Å². The van der Waals surface area contributed by atoms with Gasteiger partial charge in [0.1, 0.15) is 6.10 Å². The van der Waals surface area contributed by atoms with Crippen LogP contribution in [0.15, 0.2) is 0 Å².